The predicted molar refractivity (Wildman–Crippen MR) is 86.9 cm³/mol. The van der Waals surface area contributed by atoms with Crippen LogP contribution in [0.3, 0.4) is 0 Å². The van der Waals surface area contributed by atoms with Gasteiger partial charge in [0.1, 0.15) is 6.54 Å². The first-order chi connectivity index (χ1) is 11.3. The third-order valence-corrected chi connectivity index (χ3v) is 4.57. The maximum Gasteiger partial charge on any atom is 0.267 e. The minimum Gasteiger partial charge on any atom is -0.324 e. The molecular formula is C15H16N4O4S. The Kier molecular flexibility index (Phi) is 4.20. The molecule has 9 heteroatoms. The van der Waals surface area contributed by atoms with Crippen LogP contribution in [0, 0.1) is 0 Å². The Labute approximate surface area is 138 Å². The molecule has 1 fully saturated rings. The summed E-state index contributed by atoms with van der Waals surface area (Å²) >= 11 is 0. The molecule has 0 saturated heterocycles. The summed E-state index contributed by atoms with van der Waals surface area (Å²) in [4.78, 5) is 23.8. The zero-order valence-electron chi connectivity index (χ0n) is 12.7. The van der Waals surface area contributed by atoms with Crippen LogP contribution in [0.1, 0.15) is 24.5 Å². The summed E-state index contributed by atoms with van der Waals surface area (Å²) in [5.41, 5.74) is 0.873. The second kappa shape index (κ2) is 6.17. The molecule has 1 aliphatic rings. The van der Waals surface area contributed by atoms with Crippen molar-refractivity contribution >= 4 is 21.6 Å². The van der Waals surface area contributed by atoms with Gasteiger partial charge in [-0.05, 0) is 43.2 Å². The van der Waals surface area contributed by atoms with Gasteiger partial charge in [0.05, 0.1) is 10.6 Å². The van der Waals surface area contributed by atoms with Gasteiger partial charge in [-0.2, -0.15) is 5.10 Å². The topological polar surface area (TPSA) is 124 Å². The van der Waals surface area contributed by atoms with Crippen LogP contribution in [0.25, 0.3) is 0 Å². The molecule has 1 amide bonds. The van der Waals surface area contributed by atoms with Crippen LogP contribution in [0.2, 0.25) is 0 Å². The van der Waals surface area contributed by atoms with Gasteiger partial charge in [-0.3, -0.25) is 9.59 Å². The highest BCUT2D eigenvalue weighted by Gasteiger charge is 2.25. The Morgan fingerprint density at radius 1 is 1.21 bits per heavy atom. The number of carbonyl (C=O) groups is 1. The number of rotatable bonds is 5. The van der Waals surface area contributed by atoms with Gasteiger partial charge in [-0.25, -0.2) is 18.2 Å². The van der Waals surface area contributed by atoms with E-state index in [2.05, 4.69) is 10.4 Å². The first-order valence-corrected chi connectivity index (χ1v) is 8.88. The molecule has 1 heterocycles. The van der Waals surface area contributed by atoms with E-state index >= 15 is 0 Å². The fourth-order valence-corrected chi connectivity index (χ4v) is 2.75. The largest absolute Gasteiger partial charge is 0.324 e. The number of benzene rings is 1. The molecule has 0 unspecified atom stereocenters. The Balaban J connectivity index is 1.69. The van der Waals surface area contributed by atoms with Crippen LogP contribution in [0.5, 0.6) is 0 Å². The molecule has 3 rings (SSSR count). The molecule has 0 radical (unpaired) electrons. The third-order valence-electron chi connectivity index (χ3n) is 3.64. The molecule has 24 heavy (non-hydrogen) atoms. The zero-order chi connectivity index (χ0) is 17.3. The summed E-state index contributed by atoms with van der Waals surface area (Å²) in [7, 11) is -3.78. The number of anilines is 1. The van der Waals surface area contributed by atoms with Gasteiger partial charge in [0, 0.05) is 17.7 Å². The van der Waals surface area contributed by atoms with Gasteiger partial charge in [0.15, 0.2) is 0 Å². The molecule has 3 N–H and O–H groups in total. The van der Waals surface area contributed by atoms with Crippen molar-refractivity contribution < 1.29 is 13.2 Å². The lowest BCUT2D eigenvalue weighted by Gasteiger charge is -2.08. The fourth-order valence-electron chi connectivity index (χ4n) is 2.24. The molecule has 8 nitrogen and oxygen atoms in total. The van der Waals surface area contributed by atoms with Crippen LogP contribution in [-0.2, 0) is 21.4 Å². The van der Waals surface area contributed by atoms with E-state index < -0.39 is 15.9 Å². The molecular weight excluding hydrogens is 332 g/mol. The number of aromatic nitrogens is 2. The Morgan fingerprint density at radius 2 is 1.88 bits per heavy atom. The first kappa shape index (κ1) is 16.3. The summed E-state index contributed by atoms with van der Waals surface area (Å²) in [6.07, 6.45) is 2.10. The van der Waals surface area contributed by atoms with E-state index in [9.17, 15) is 18.0 Å². The summed E-state index contributed by atoms with van der Waals surface area (Å²) < 4.78 is 23.5. The van der Waals surface area contributed by atoms with Crippen LogP contribution in [0.15, 0.2) is 46.1 Å². The van der Waals surface area contributed by atoms with E-state index in [1.807, 2.05) is 0 Å². The molecule has 1 aliphatic carbocycles. The van der Waals surface area contributed by atoms with Crippen molar-refractivity contribution in [3.63, 3.8) is 0 Å². The summed E-state index contributed by atoms with van der Waals surface area (Å²) in [6.45, 7) is -0.212. The standard InChI is InChI=1S/C15H16N4O4S/c16-24(22,23)12-5-3-11(4-6-12)17-14(20)9-19-15(21)8-7-13(18-19)10-1-2-10/h3-8,10H,1-2,9H2,(H,17,20)(H2,16,22,23). The van der Waals surface area contributed by atoms with E-state index in [0.717, 1.165) is 23.2 Å². The van der Waals surface area contributed by atoms with Crippen molar-refractivity contribution in [2.75, 3.05) is 5.32 Å². The Morgan fingerprint density at radius 3 is 2.46 bits per heavy atom. The van der Waals surface area contributed by atoms with Crippen LogP contribution >= 0.6 is 0 Å². The molecule has 1 aromatic carbocycles. The monoisotopic (exact) mass is 348 g/mol. The smallest absolute Gasteiger partial charge is 0.267 e. The SMILES string of the molecule is NS(=O)(=O)c1ccc(NC(=O)Cn2nc(C3CC3)ccc2=O)cc1. The fraction of sp³-hybridized carbons (Fsp3) is 0.267. The van der Waals surface area contributed by atoms with Crippen molar-refractivity contribution in [3.8, 4) is 0 Å². The Hall–Kier alpha value is -2.52. The molecule has 0 spiro atoms. The van der Waals surface area contributed by atoms with Gasteiger partial charge in [-0.15, -0.1) is 0 Å². The van der Waals surface area contributed by atoms with Gasteiger partial charge in [0.2, 0.25) is 15.9 Å². The average Bonchev–Trinajstić information content (AvgIpc) is 3.34. The number of hydrogen-bond acceptors (Lipinski definition) is 5. The molecule has 0 atom stereocenters. The number of hydrogen-bond donors (Lipinski definition) is 2. The van der Waals surface area contributed by atoms with Gasteiger partial charge in [-0.1, -0.05) is 0 Å². The van der Waals surface area contributed by atoms with Crippen molar-refractivity contribution in [1.29, 1.82) is 0 Å². The van der Waals surface area contributed by atoms with Crippen molar-refractivity contribution in [1.82, 2.24) is 9.78 Å². The maximum absolute atomic E-state index is 12.1. The van der Waals surface area contributed by atoms with E-state index in [-0.39, 0.29) is 17.0 Å². The van der Waals surface area contributed by atoms with Gasteiger partial charge < -0.3 is 5.32 Å². The second-order valence-electron chi connectivity index (χ2n) is 5.65. The molecule has 2 aromatic rings. The third kappa shape index (κ3) is 3.87. The Bertz CT molecular complexity index is 931. The number of nitrogens with zero attached hydrogens (tertiary/aromatic N) is 2. The quantitative estimate of drug-likeness (QED) is 0.809. The lowest BCUT2D eigenvalue weighted by atomic mass is 10.3. The van der Waals surface area contributed by atoms with Crippen molar-refractivity contribution in [2.24, 2.45) is 5.14 Å². The van der Waals surface area contributed by atoms with Crippen LogP contribution in [-0.4, -0.2) is 24.1 Å². The minimum atomic E-state index is -3.78. The van der Waals surface area contributed by atoms with E-state index in [1.165, 1.54) is 30.3 Å². The molecule has 1 aromatic heterocycles. The van der Waals surface area contributed by atoms with E-state index in [1.54, 1.807) is 6.07 Å². The van der Waals surface area contributed by atoms with Gasteiger partial charge >= 0.3 is 0 Å². The number of nitrogens with two attached hydrogens (primary N) is 1. The van der Waals surface area contributed by atoms with Crippen LogP contribution < -0.4 is 16.0 Å². The summed E-state index contributed by atoms with van der Waals surface area (Å²) in [6, 6.07) is 8.55. The zero-order valence-corrected chi connectivity index (χ0v) is 13.5. The summed E-state index contributed by atoms with van der Waals surface area (Å²) in [5.74, 6) is -0.0495. The molecule has 1 saturated carbocycles. The number of amides is 1. The molecule has 126 valence electrons. The van der Waals surface area contributed by atoms with E-state index in [0.29, 0.717) is 11.6 Å². The minimum absolute atomic E-state index is 0.0458. The number of sulfonamides is 1. The number of carbonyl (C=O) groups excluding carboxylic acids is 1. The van der Waals surface area contributed by atoms with E-state index in [4.69, 9.17) is 5.14 Å². The van der Waals surface area contributed by atoms with Crippen molar-refractivity contribution in [3.05, 3.63) is 52.4 Å². The highest BCUT2D eigenvalue weighted by Crippen LogP contribution is 2.38. The van der Waals surface area contributed by atoms with Crippen molar-refractivity contribution in [2.45, 2.75) is 30.2 Å². The normalized spacial score (nSPS) is 14.4. The lowest BCUT2D eigenvalue weighted by molar-refractivity contribution is -0.117. The van der Waals surface area contributed by atoms with Gasteiger partial charge in [0.25, 0.3) is 5.56 Å². The molecule has 0 bridgehead atoms. The molecule has 0 aliphatic heterocycles. The lowest BCUT2D eigenvalue weighted by Crippen LogP contribution is -2.29. The number of primary sulfonamides is 1. The highest BCUT2D eigenvalue weighted by molar-refractivity contribution is 7.89. The average molecular weight is 348 g/mol. The maximum atomic E-state index is 12.1. The highest BCUT2D eigenvalue weighted by atomic mass is 32.2. The number of nitrogens with one attached hydrogen (secondary N) is 1. The predicted octanol–water partition coefficient (Wildman–Crippen LogP) is 0.407. The second-order valence-corrected chi connectivity index (χ2v) is 7.21. The van der Waals surface area contributed by atoms with Crippen LogP contribution in [0.4, 0.5) is 5.69 Å². The first-order valence-electron chi connectivity index (χ1n) is 7.34. The summed E-state index contributed by atoms with van der Waals surface area (Å²) in [5, 5.41) is 11.8.